The third kappa shape index (κ3) is 5.12. The van der Waals surface area contributed by atoms with Crippen LogP contribution in [0, 0.1) is 6.92 Å². The average Bonchev–Trinajstić information content (AvgIpc) is 3.07. The Labute approximate surface area is 188 Å². The van der Waals surface area contributed by atoms with Crippen molar-refractivity contribution in [3.8, 4) is 0 Å². The number of ether oxygens (including phenoxy) is 1. The number of carbonyl (C=O) groups is 1. The first-order valence-corrected chi connectivity index (χ1v) is 11.1. The molecule has 10 heteroatoms. The SMILES string of the molecule is CCc1c(C)sc(NC(=S)N2CCN(c3cccc(C(F)(F)F)c3)CC2)c1C(=O)OC. The number of hydrogen-bond donors (Lipinski definition) is 1. The van der Waals surface area contributed by atoms with Crippen LogP contribution in [0.3, 0.4) is 0 Å². The Morgan fingerprint density at radius 1 is 1.26 bits per heavy atom. The molecule has 0 aliphatic carbocycles. The number of rotatable bonds is 4. The molecule has 2 aromatic rings. The van der Waals surface area contributed by atoms with Crippen LogP contribution in [0.25, 0.3) is 0 Å². The minimum atomic E-state index is -4.36. The number of halogens is 3. The summed E-state index contributed by atoms with van der Waals surface area (Å²) in [5, 5.41) is 4.33. The van der Waals surface area contributed by atoms with E-state index in [1.54, 1.807) is 6.07 Å². The standard InChI is InChI=1S/C21H24F3N3O2S2/c1-4-16-13(2)31-18(17(16)19(28)29-3)25-20(30)27-10-8-26(9-11-27)15-7-5-6-14(12-15)21(22,23)24/h5-7,12H,4,8-11H2,1-3H3,(H,25,30). The molecule has 3 rings (SSSR count). The summed E-state index contributed by atoms with van der Waals surface area (Å²) >= 11 is 7.01. The van der Waals surface area contributed by atoms with Gasteiger partial charge in [-0.15, -0.1) is 11.3 Å². The van der Waals surface area contributed by atoms with E-state index in [1.165, 1.54) is 30.6 Å². The fourth-order valence-electron chi connectivity index (χ4n) is 3.63. The van der Waals surface area contributed by atoms with Gasteiger partial charge in [0.2, 0.25) is 0 Å². The molecule has 0 atom stereocenters. The fraction of sp³-hybridized carbons (Fsp3) is 0.429. The highest BCUT2D eigenvalue weighted by Crippen LogP contribution is 2.35. The zero-order valence-electron chi connectivity index (χ0n) is 17.5. The quantitative estimate of drug-likeness (QED) is 0.503. The van der Waals surface area contributed by atoms with Gasteiger partial charge in [0.25, 0.3) is 0 Å². The minimum Gasteiger partial charge on any atom is -0.465 e. The lowest BCUT2D eigenvalue weighted by atomic mass is 10.1. The fourth-order valence-corrected chi connectivity index (χ4v) is 5.11. The van der Waals surface area contributed by atoms with Crippen molar-refractivity contribution in [3.05, 3.63) is 45.8 Å². The van der Waals surface area contributed by atoms with Crippen molar-refractivity contribution in [1.29, 1.82) is 0 Å². The second kappa shape index (κ2) is 9.44. The Hall–Kier alpha value is -2.33. The summed E-state index contributed by atoms with van der Waals surface area (Å²) in [5.74, 6) is -0.402. The first-order valence-electron chi connectivity index (χ1n) is 9.84. The molecule has 31 heavy (non-hydrogen) atoms. The number of thiocarbonyl (C=S) groups is 1. The summed E-state index contributed by atoms with van der Waals surface area (Å²) < 4.78 is 43.9. The third-order valence-electron chi connectivity index (χ3n) is 5.28. The highest BCUT2D eigenvalue weighted by atomic mass is 32.1. The molecule has 0 bridgehead atoms. The van der Waals surface area contributed by atoms with E-state index >= 15 is 0 Å². The van der Waals surface area contributed by atoms with E-state index in [0.717, 1.165) is 16.5 Å². The zero-order chi connectivity index (χ0) is 22.8. The van der Waals surface area contributed by atoms with Gasteiger partial charge >= 0.3 is 12.1 Å². The van der Waals surface area contributed by atoms with Crippen molar-refractivity contribution in [2.75, 3.05) is 43.5 Å². The smallest absolute Gasteiger partial charge is 0.416 e. The number of benzene rings is 1. The third-order valence-corrected chi connectivity index (χ3v) is 6.70. The van der Waals surface area contributed by atoms with Crippen molar-refractivity contribution < 1.29 is 22.7 Å². The summed E-state index contributed by atoms with van der Waals surface area (Å²) in [5.41, 5.74) is 1.34. The predicted octanol–water partition coefficient (Wildman–Crippen LogP) is 4.94. The zero-order valence-corrected chi connectivity index (χ0v) is 19.1. The Balaban J connectivity index is 1.67. The largest absolute Gasteiger partial charge is 0.465 e. The van der Waals surface area contributed by atoms with E-state index < -0.39 is 17.7 Å². The number of methoxy groups -OCH3 is 1. The number of alkyl halides is 3. The molecule has 1 aromatic heterocycles. The predicted molar refractivity (Wildman–Crippen MR) is 121 cm³/mol. The van der Waals surface area contributed by atoms with Crippen molar-refractivity contribution in [2.45, 2.75) is 26.4 Å². The Morgan fingerprint density at radius 3 is 2.52 bits per heavy atom. The number of nitrogens with zero attached hydrogens (tertiary/aromatic N) is 2. The molecule has 1 aliphatic heterocycles. The first kappa shape index (κ1) is 23.3. The molecule has 0 amide bonds. The molecule has 0 spiro atoms. The van der Waals surface area contributed by atoms with E-state index in [2.05, 4.69) is 5.32 Å². The molecule has 0 saturated carbocycles. The van der Waals surface area contributed by atoms with Crippen LogP contribution >= 0.6 is 23.6 Å². The number of aryl methyl sites for hydroxylation is 1. The molecule has 168 valence electrons. The lowest BCUT2D eigenvalue weighted by molar-refractivity contribution is -0.137. The molecule has 1 aliphatic rings. The number of hydrogen-bond acceptors (Lipinski definition) is 5. The maximum atomic E-state index is 13.0. The van der Waals surface area contributed by atoms with Crippen LogP contribution in [0.5, 0.6) is 0 Å². The summed E-state index contributed by atoms with van der Waals surface area (Å²) in [6.07, 6.45) is -3.66. The van der Waals surface area contributed by atoms with E-state index in [-0.39, 0.29) is 0 Å². The van der Waals surface area contributed by atoms with Gasteiger partial charge < -0.3 is 19.9 Å². The molecule has 5 nitrogen and oxygen atoms in total. The lowest BCUT2D eigenvalue weighted by Gasteiger charge is -2.37. The second-order valence-corrected chi connectivity index (χ2v) is 8.75. The molecule has 1 saturated heterocycles. The van der Waals surface area contributed by atoms with Crippen molar-refractivity contribution in [1.82, 2.24) is 4.90 Å². The van der Waals surface area contributed by atoms with Crippen LogP contribution in [0.2, 0.25) is 0 Å². The molecular weight excluding hydrogens is 447 g/mol. The summed E-state index contributed by atoms with van der Waals surface area (Å²) in [4.78, 5) is 17.2. The van der Waals surface area contributed by atoms with Gasteiger partial charge in [-0.25, -0.2) is 4.79 Å². The summed E-state index contributed by atoms with van der Waals surface area (Å²) in [6, 6.07) is 5.36. The normalized spacial score (nSPS) is 14.5. The number of piperazine rings is 1. The number of esters is 1. The Bertz CT molecular complexity index is 967. The number of anilines is 2. The minimum absolute atomic E-state index is 0.402. The summed E-state index contributed by atoms with van der Waals surface area (Å²) in [7, 11) is 1.35. The van der Waals surface area contributed by atoms with Gasteiger partial charge in [0.1, 0.15) is 5.00 Å². The van der Waals surface area contributed by atoms with Gasteiger partial charge in [-0.1, -0.05) is 13.0 Å². The second-order valence-electron chi connectivity index (χ2n) is 7.14. The van der Waals surface area contributed by atoms with E-state index in [1.807, 2.05) is 23.6 Å². The van der Waals surface area contributed by atoms with Crippen LogP contribution in [0.15, 0.2) is 24.3 Å². The van der Waals surface area contributed by atoms with Crippen LogP contribution in [0.1, 0.15) is 33.3 Å². The van der Waals surface area contributed by atoms with Gasteiger partial charge in [0.15, 0.2) is 5.11 Å². The highest BCUT2D eigenvalue weighted by Gasteiger charge is 2.31. The molecule has 1 aromatic carbocycles. The highest BCUT2D eigenvalue weighted by molar-refractivity contribution is 7.80. The first-order chi connectivity index (χ1) is 14.7. The van der Waals surface area contributed by atoms with E-state index in [4.69, 9.17) is 17.0 Å². The van der Waals surface area contributed by atoms with Crippen molar-refractivity contribution >= 4 is 45.3 Å². The van der Waals surface area contributed by atoms with Gasteiger partial charge in [-0.2, -0.15) is 13.2 Å². The average molecular weight is 472 g/mol. The number of nitrogens with one attached hydrogen (secondary N) is 1. The number of carbonyl (C=O) groups excluding carboxylic acids is 1. The van der Waals surface area contributed by atoms with E-state index in [9.17, 15) is 18.0 Å². The van der Waals surface area contributed by atoms with Crippen molar-refractivity contribution in [2.24, 2.45) is 0 Å². The molecule has 1 N–H and O–H groups in total. The topological polar surface area (TPSA) is 44.8 Å². The maximum absolute atomic E-state index is 13.0. The summed E-state index contributed by atoms with van der Waals surface area (Å²) in [6.45, 7) is 6.13. The Morgan fingerprint density at radius 2 is 1.94 bits per heavy atom. The maximum Gasteiger partial charge on any atom is 0.416 e. The monoisotopic (exact) mass is 471 g/mol. The van der Waals surface area contributed by atoms with Gasteiger partial charge in [0.05, 0.1) is 18.2 Å². The van der Waals surface area contributed by atoms with Gasteiger partial charge in [-0.05, 0) is 49.3 Å². The van der Waals surface area contributed by atoms with Crippen LogP contribution in [0.4, 0.5) is 23.9 Å². The molecule has 2 heterocycles. The van der Waals surface area contributed by atoms with E-state index in [0.29, 0.717) is 54.0 Å². The van der Waals surface area contributed by atoms with Crippen molar-refractivity contribution in [3.63, 3.8) is 0 Å². The van der Waals surface area contributed by atoms with Crippen LogP contribution in [-0.2, 0) is 17.3 Å². The molecule has 0 radical (unpaired) electrons. The van der Waals surface area contributed by atoms with Crippen LogP contribution in [-0.4, -0.2) is 49.3 Å². The number of thiophene rings is 1. The Kier molecular flexibility index (Phi) is 7.10. The molecule has 1 fully saturated rings. The molecular formula is C21H24F3N3O2S2. The molecule has 0 unspecified atom stereocenters. The lowest BCUT2D eigenvalue weighted by Crippen LogP contribution is -2.50. The van der Waals surface area contributed by atoms with Gasteiger partial charge in [-0.3, -0.25) is 0 Å². The van der Waals surface area contributed by atoms with Crippen LogP contribution < -0.4 is 10.2 Å². The van der Waals surface area contributed by atoms with Gasteiger partial charge in [0, 0.05) is 36.7 Å².